The van der Waals surface area contributed by atoms with Crippen molar-refractivity contribution in [1.82, 2.24) is 0 Å². The number of rotatable bonds is 3. The quantitative estimate of drug-likeness (QED) is 0.506. The van der Waals surface area contributed by atoms with Gasteiger partial charge >= 0.3 is 0 Å². The summed E-state index contributed by atoms with van der Waals surface area (Å²) in [4.78, 5) is 0. The van der Waals surface area contributed by atoms with Crippen molar-refractivity contribution in [3.63, 3.8) is 0 Å². The second-order valence-corrected chi connectivity index (χ2v) is 6.07. The fourth-order valence-electron chi connectivity index (χ4n) is 0.354. The van der Waals surface area contributed by atoms with Crippen molar-refractivity contribution in [2.75, 3.05) is 0 Å². The first-order chi connectivity index (χ1) is 7.24. The van der Waals surface area contributed by atoms with Gasteiger partial charge in [-0.2, -0.15) is 0 Å². The Morgan fingerprint density at radius 3 is 1.06 bits per heavy atom. The molecule has 0 bridgehead atoms. The summed E-state index contributed by atoms with van der Waals surface area (Å²) >= 11 is 0. The van der Waals surface area contributed by atoms with E-state index in [-0.39, 0.29) is 0 Å². The van der Waals surface area contributed by atoms with Crippen LogP contribution in [0.4, 0.5) is 0 Å². The molecule has 0 spiro atoms. The van der Waals surface area contributed by atoms with Crippen LogP contribution in [0.25, 0.3) is 0 Å². The maximum Gasteiger partial charge on any atom is -0.0385 e. The zero-order valence-corrected chi connectivity index (χ0v) is 13.6. The predicted octanol–water partition coefficient (Wildman–Crippen LogP) is 6.69. The Morgan fingerprint density at radius 1 is 0.812 bits per heavy atom. The zero-order valence-electron chi connectivity index (χ0n) is 13.6. The van der Waals surface area contributed by atoms with Gasteiger partial charge in [-0.3, -0.25) is 0 Å². The van der Waals surface area contributed by atoms with E-state index < -0.39 is 0 Å². The van der Waals surface area contributed by atoms with Crippen molar-refractivity contribution in [2.45, 2.75) is 94.4 Å². The summed E-state index contributed by atoms with van der Waals surface area (Å²) in [5.74, 6) is 0.884. The zero-order chi connectivity index (χ0) is 13.6. The first-order valence-electron chi connectivity index (χ1n) is 7.24. The minimum Gasteiger partial charge on any atom is -0.0654 e. The second kappa shape index (κ2) is 15.0. The van der Waals surface area contributed by atoms with Crippen molar-refractivity contribution in [2.24, 2.45) is 11.3 Å². The number of hydrogen-bond donors (Lipinski definition) is 0. The van der Waals surface area contributed by atoms with Gasteiger partial charge in [0.2, 0.25) is 0 Å². The fraction of sp³-hybridized carbons (Fsp3) is 1.00. The van der Waals surface area contributed by atoms with Gasteiger partial charge in [0.1, 0.15) is 0 Å². The molecule has 16 heavy (non-hydrogen) atoms. The van der Waals surface area contributed by atoms with Crippen LogP contribution in [-0.2, 0) is 0 Å². The summed E-state index contributed by atoms with van der Waals surface area (Å²) in [7, 11) is 0. The molecule has 0 heterocycles. The minimum absolute atomic E-state index is 0.542. The van der Waals surface area contributed by atoms with Gasteiger partial charge in [0.25, 0.3) is 0 Å². The molecule has 0 saturated carbocycles. The second-order valence-electron chi connectivity index (χ2n) is 6.07. The minimum atomic E-state index is 0.542. The summed E-state index contributed by atoms with van der Waals surface area (Å²) in [6.45, 7) is 20.0. The van der Waals surface area contributed by atoms with Gasteiger partial charge in [0, 0.05) is 0 Å². The molecule has 0 aliphatic heterocycles. The molecule has 0 nitrogen and oxygen atoms in total. The molecule has 0 amide bonds. The maximum atomic E-state index is 2.24. The van der Waals surface area contributed by atoms with E-state index in [1.54, 1.807) is 0 Å². The lowest BCUT2D eigenvalue weighted by Gasteiger charge is -2.12. The van der Waals surface area contributed by atoms with Crippen LogP contribution in [0.1, 0.15) is 94.4 Å². The van der Waals surface area contributed by atoms with E-state index >= 15 is 0 Å². The first kappa shape index (κ1) is 21.3. The summed E-state index contributed by atoms with van der Waals surface area (Å²) in [6.07, 6.45) is 6.65. The SMILES string of the molecule is CCC(C)(C)C.CCC(C)C.CCCCC. The molecule has 0 aromatic rings. The molecule has 0 rings (SSSR count). The molecule has 0 fully saturated rings. The van der Waals surface area contributed by atoms with Crippen LogP contribution in [0, 0.1) is 11.3 Å². The Morgan fingerprint density at radius 2 is 1.06 bits per heavy atom. The molecule has 0 radical (unpaired) electrons. The molecule has 0 unspecified atom stereocenters. The molecular formula is C16H38. The van der Waals surface area contributed by atoms with Crippen LogP contribution in [0.5, 0.6) is 0 Å². The van der Waals surface area contributed by atoms with Crippen LogP contribution in [0.3, 0.4) is 0 Å². The van der Waals surface area contributed by atoms with Gasteiger partial charge in [0.15, 0.2) is 0 Å². The summed E-state index contributed by atoms with van der Waals surface area (Å²) < 4.78 is 0. The van der Waals surface area contributed by atoms with Crippen LogP contribution in [0.15, 0.2) is 0 Å². The topological polar surface area (TPSA) is 0 Å². The highest BCUT2D eigenvalue weighted by Crippen LogP contribution is 2.16. The smallest absolute Gasteiger partial charge is 0.0385 e. The molecular weight excluding hydrogens is 192 g/mol. The van der Waals surface area contributed by atoms with Gasteiger partial charge in [-0.15, -0.1) is 0 Å². The van der Waals surface area contributed by atoms with Gasteiger partial charge in [-0.1, -0.05) is 94.4 Å². The number of unbranched alkanes of at least 4 members (excludes halogenated alkanes) is 2. The molecule has 102 valence electrons. The van der Waals surface area contributed by atoms with E-state index in [1.165, 1.54) is 32.1 Å². The fourth-order valence-corrected chi connectivity index (χ4v) is 0.354. The first-order valence-corrected chi connectivity index (χ1v) is 7.24. The van der Waals surface area contributed by atoms with E-state index in [9.17, 15) is 0 Å². The standard InChI is InChI=1S/C6H14.2C5H12/c1-5-6(2,3)4;1-4-5(2)3;1-3-5-4-2/h5H2,1-4H3;5H,4H2,1-3H3;3-5H2,1-2H3. The van der Waals surface area contributed by atoms with Crippen LogP contribution >= 0.6 is 0 Å². The average molecular weight is 230 g/mol. The summed E-state index contributed by atoms with van der Waals surface area (Å²) in [5, 5.41) is 0. The third kappa shape index (κ3) is 48.3. The number of hydrogen-bond acceptors (Lipinski definition) is 0. The highest BCUT2D eigenvalue weighted by molar-refractivity contribution is 4.55. The van der Waals surface area contributed by atoms with E-state index in [0.717, 1.165) is 5.92 Å². The molecule has 0 aliphatic carbocycles. The van der Waals surface area contributed by atoms with E-state index in [0.29, 0.717) is 5.41 Å². The van der Waals surface area contributed by atoms with Crippen molar-refractivity contribution >= 4 is 0 Å². The molecule has 0 aromatic heterocycles. The average Bonchev–Trinajstić information content (AvgIpc) is 2.20. The maximum absolute atomic E-state index is 2.24. The predicted molar refractivity (Wildman–Crippen MR) is 80.1 cm³/mol. The lowest BCUT2D eigenvalue weighted by Crippen LogP contribution is -2.00. The largest absolute Gasteiger partial charge is 0.0654 e. The van der Waals surface area contributed by atoms with Gasteiger partial charge in [-0.05, 0) is 11.3 Å². The Labute approximate surface area is 106 Å². The molecule has 0 aromatic carbocycles. The van der Waals surface area contributed by atoms with E-state index in [1.807, 2.05) is 0 Å². The van der Waals surface area contributed by atoms with Crippen LogP contribution < -0.4 is 0 Å². The molecule has 0 aliphatic rings. The van der Waals surface area contributed by atoms with Crippen molar-refractivity contribution in [3.05, 3.63) is 0 Å². The highest BCUT2D eigenvalue weighted by Gasteiger charge is 2.03. The van der Waals surface area contributed by atoms with Gasteiger partial charge in [-0.25, -0.2) is 0 Å². The molecule has 0 N–H and O–H groups in total. The van der Waals surface area contributed by atoms with Crippen molar-refractivity contribution in [3.8, 4) is 0 Å². The van der Waals surface area contributed by atoms with Crippen LogP contribution in [0.2, 0.25) is 0 Å². The normalized spacial score (nSPS) is 10.1. The van der Waals surface area contributed by atoms with Crippen LogP contribution in [-0.4, -0.2) is 0 Å². The Hall–Kier alpha value is 0. The van der Waals surface area contributed by atoms with E-state index in [2.05, 4.69) is 62.3 Å². The molecule has 0 atom stereocenters. The summed E-state index contributed by atoms with van der Waals surface area (Å²) in [5.41, 5.74) is 0.542. The lowest BCUT2D eigenvalue weighted by atomic mass is 9.94. The highest BCUT2D eigenvalue weighted by atomic mass is 14.1. The Balaban J connectivity index is -0.000000160. The Bertz CT molecular complexity index is 93.1. The third-order valence-corrected chi connectivity index (χ3v) is 2.58. The molecule has 0 heteroatoms. The molecule has 0 saturated heterocycles. The van der Waals surface area contributed by atoms with Crippen molar-refractivity contribution < 1.29 is 0 Å². The Kier molecular flexibility index (Phi) is 20.0. The monoisotopic (exact) mass is 230 g/mol. The third-order valence-electron chi connectivity index (χ3n) is 2.58. The van der Waals surface area contributed by atoms with Gasteiger partial charge < -0.3 is 0 Å². The van der Waals surface area contributed by atoms with Crippen molar-refractivity contribution in [1.29, 1.82) is 0 Å². The lowest BCUT2D eigenvalue weighted by molar-refractivity contribution is 0.398. The summed E-state index contributed by atoms with van der Waals surface area (Å²) in [6, 6.07) is 0. The van der Waals surface area contributed by atoms with Gasteiger partial charge in [0.05, 0.1) is 0 Å². The van der Waals surface area contributed by atoms with E-state index in [4.69, 9.17) is 0 Å².